The zero-order valence-corrected chi connectivity index (χ0v) is 11.5. The molecule has 2 rings (SSSR count). The second kappa shape index (κ2) is 5.65. The van der Waals surface area contributed by atoms with E-state index in [4.69, 9.17) is 5.26 Å². The Hall–Kier alpha value is -1.49. The number of hydrogen-bond donors (Lipinski definition) is 1. The van der Waals surface area contributed by atoms with Crippen LogP contribution in [0.3, 0.4) is 0 Å². The van der Waals surface area contributed by atoms with Crippen molar-refractivity contribution in [3.8, 4) is 6.07 Å². The largest absolute Gasteiger partial charge is 0.315 e. The highest BCUT2D eigenvalue weighted by molar-refractivity contribution is 7.89. The summed E-state index contributed by atoms with van der Waals surface area (Å²) in [6.45, 7) is 1.57. The van der Waals surface area contributed by atoms with Crippen molar-refractivity contribution in [1.82, 2.24) is 14.6 Å². The van der Waals surface area contributed by atoms with Crippen molar-refractivity contribution < 1.29 is 8.42 Å². The quantitative estimate of drug-likeness (QED) is 0.862. The Morgan fingerprint density at radius 1 is 1.58 bits per heavy atom. The Morgan fingerprint density at radius 2 is 2.37 bits per heavy atom. The zero-order chi connectivity index (χ0) is 13.9. The van der Waals surface area contributed by atoms with Gasteiger partial charge < -0.3 is 5.32 Å². The van der Waals surface area contributed by atoms with Gasteiger partial charge in [-0.25, -0.2) is 13.4 Å². The molecule has 0 amide bonds. The van der Waals surface area contributed by atoms with Crippen molar-refractivity contribution in [3.05, 3.63) is 23.9 Å². The average Bonchev–Trinajstić information content (AvgIpc) is 2.47. The molecule has 1 N–H and O–H groups in total. The monoisotopic (exact) mass is 280 g/mol. The lowest BCUT2D eigenvalue weighted by Crippen LogP contribution is -2.46. The number of nitrogens with one attached hydrogen (secondary N) is 1. The fraction of sp³-hybridized carbons (Fsp3) is 0.500. The Bertz CT molecular complexity index is 588. The van der Waals surface area contributed by atoms with Crippen LogP contribution in [0, 0.1) is 11.3 Å². The van der Waals surface area contributed by atoms with Crippen molar-refractivity contribution in [2.24, 2.45) is 0 Å². The standard InChI is InChI=1S/C12H16N4O2S/c1-16(11-3-2-5-14-9-11)19(17,18)12-7-10(8-13)4-6-15-12/h4,6-7,11,14H,2-3,5,9H2,1H3/t11-/m1/s1. The molecule has 0 unspecified atom stereocenters. The molecule has 0 radical (unpaired) electrons. The number of likely N-dealkylation sites (N-methyl/N-ethyl adjacent to an activating group) is 1. The smallest absolute Gasteiger partial charge is 0.260 e. The van der Waals surface area contributed by atoms with E-state index >= 15 is 0 Å². The number of sulfonamides is 1. The normalized spacial score (nSPS) is 20.2. The number of pyridine rings is 1. The first-order valence-electron chi connectivity index (χ1n) is 6.10. The van der Waals surface area contributed by atoms with E-state index in [1.165, 1.54) is 22.6 Å². The van der Waals surface area contributed by atoms with E-state index in [0.29, 0.717) is 12.1 Å². The molecule has 7 heteroatoms. The summed E-state index contributed by atoms with van der Waals surface area (Å²) in [7, 11) is -2.08. The van der Waals surface area contributed by atoms with Crippen LogP contribution in [-0.4, -0.2) is 43.9 Å². The van der Waals surface area contributed by atoms with Crippen LogP contribution >= 0.6 is 0 Å². The molecule has 1 saturated heterocycles. The highest BCUT2D eigenvalue weighted by atomic mass is 32.2. The summed E-state index contributed by atoms with van der Waals surface area (Å²) in [6, 6.07) is 4.65. The molecule has 6 nitrogen and oxygen atoms in total. The second-order valence-corrected chi connectivity index (χ2v) is 6.46. The average molecular weight is 280 g/mol. The number of piperidine rings is 1. The molecule has 102 valence electrons. The summed E-state index contributed by atoms with van der Waals surface area (Å²) in [6.07, 6.45) is 3.13. The molecule has 1 aliphatic rings. The van der Waals surface area contributed by atoms with Gasteiger partial charge in [0.1, 0.15) is 0 Å². The van der Waals surface area contributed by atoms with Gasteiger partial charge in [0.15, 0.2) is 5.03 Å². The van der Waals surface area contributed by atoms with E-state index < -0.39 is 10.0 Å². The maximum absolute atomic E-state index is 12.4. The number of hydrogen-bond acceptors (Lipinski definition) is 5. The predicted octanol–water partition coefficient (Wildman–Crippen LogP) is 0.326. The van der Waals surface area contributed by atoms with Gasteiger partial charge in [-0.3, -0.25) is 0 Å². The Kier molecular flexibility index (Phi) is 4.14. The first-order valence-corrected chi connectivity index (χ1v) is 7.54. The summed E-state index contributed by atoms with van der Waals surface area (Å²) in [5.74, 6) is 0. The molecule has 1 aromatic heterocycles. The summed E-state index contributed by atoms with van der Waals surface area (Å²) in [4.78, 5) is 3.87. The van der Waals surface area contributed by atoms with E-state index in [9.17, 15) is 8.42 Å². The van der Waals surface area contributed by atoms with Crippen molar-refractivity contribution in [3.63, 3.8) is 0 Å². The highest BCUT2D eigenvalue weighted by Crippen LogP contribution is 2.18. The van der Waals surface area contributed by atoms with Crippen LogP contribution in [0.5, 0.6) is 0 Å². The SMILES string of the molecule is CN([C@@H]1CCCNC1)S(=O)(=O)c1cc(C#N)ccn1. The molecule has 0 aromatic carbocycles. The minimum Gasteiger partial charge on any atom is -0.315 e. The predicted molar refractivity (Wildman–Crippen MR) is 69.8 cm³/mol. The van der Waals surface area contributed by atoms with Crippen LogP contribution in [0.2, 0.25) is 0 Å². The molecule has 0 spiro atoms. The van der Waals surface area contributed by atoms with Gasteiger partial charge in [0, 0.05) is 25.8 Å². The molecule has 19 heavy (non-hydrogen) atoms. The van der Waals surface area contributed by atoms with Gasteiger partial charge in [0.25, 0.3) is 10.0 Å². The maximum Gasteiger partial charge on any atom is 0.260 e. The van der Waals surface area contributed by atoms with E-state index in [0.717, 1.165) is 19.4 Å². The molecular weight excluding hydrogens is 264 g/mol. The lowest BCUT2D eigenvalue weighted by Gasteiger charge is -2.30. The minimum atomic E-state index is -3.64. The van der Waals surface area contributed by atoms with Gasteiger partial charge in [-0.15, -0.1) is 0 Å². The van der Waals surface area contributed by atoms with Crippen molar-refractivity contribution in [2.75, 3.05) is 20.1 Å². The Morgan fingerprint density at radius 3 is 3.00 bits per heavy atom. The van der Waals surface area contributed by atoms with Crippen LogP contribution in [0.1, 0.15) is 18.4 Å². The second-order valence-electron chi connectivity index (χ2n) is 4.52. The summed E-state index contributed by atoms with van der Waals surface area (Å²) < 4.78 is 26.2. The zero-order valence-electron chi connectivity index (χ0n) is 10.7. The first-order chi connectivity index (χ1) is 9.05. The molecule has 1 fully saturated rings. The molecule has 2 heterocycles. The topological polar surface area (TPSA) is 86.1 Å². The maximum atomic E-state index is 12.4. The van der Waals surface area contributed by atoms with Crippen LogP contribution in [0.4, 0.5) is 0 Å². The third kappa shape index (κ3) is 2.92. The Labute approximate surface area is 113 Å². The van der Waals surface area contributed by atoms with E-state index in [2.05, 4.69) is 10.3 Å². The van der Waals surface area contributed by atoms with Crippen LogP contribution in [-0.2, 0) is 10.0 Å². The number of aromatic nitrogens is 1. The van der Waals surface area contributed by atoms with Crippen LogP contribution in [0.25, 0.3) is 0 Å². The first kappa shape index (κ1) is 13.9. The van der Waals surface area contributed by atoms with E-state index in [-0.39, 0.29) is 11.1 Å². The van der Waals surface area contributed by atoms with Crippen molar-refractivity contribution in [2.45, 2.75) is 23.9 Å². The Balaban J connectivity index is 2.28. The third-order valence-electron chi connectivity index (χ3n) is 3.29. The van der Waals surface area contributed by atoms with Crippen LogP contribution in [0.15, 0.2) is 23.4 Å². The van der Waals surface area contributed by atoms with Gasteiger partial charge in [-0.1, -0.05) is 0 Å². The summed E-state index contributed by atoms with van der Waals surface area (Å²) >= 11 is 0. The number of nitriles is 1. The highest BCUT2D eigenvalue weighted by Gasteiger charge is 2.30. The number of nitrogens with zero attached hydrogens (tertiary/aromatic N) is 3. The molecule has 1 atom stereocenters. The minimum absolute atomic E-state index is 0.0636. The number of rotatable bonds is 3. The van der Waals surface area contributed by atoms with Gasteiger partial charge in [0.2, 0.25) is 0 Å². The summed E-state index contributed by atoms with van der Waals surface area (Å²) in [5, 5.41) is 11.9. The van der Waals surface area contributed by atoms with E-state index in [1.54, 1.807) is 7.05 Å². The molecule has 1 aromatic rings. The molecule has 0 aliphatic carbocycles. The van der Waals surface area contributed by atoms with E-state index in [1.807, 2.05) is 6.07 Å². The van der Waals surface area contributed by atoms with Gasteiger partial charge in [-0.05, 0) is 31.5 Å². The van der Waals surface area contributed by atoms with Gasteiger partial charge >= 0.3 is 0 Å². The summed E-state index contributed by atoms with van der Waals surface area (Å²) in [5.41, 5.74) is 0.295. The fourth-order valence-corrected chi connectivity index (χ4v) is 3.45. The molecule has 1 aliphatic heterocycles. The molecule has 0 bridgehead atoms. The third-order valence-corrected chi connectivity index (χ3v) is 5.10. The van der Waals surface area contributed by atoms with Gasteiger partial charge in [0.05, 0.1) is 11.6 Å². The molecule has 0 saturated carbocycles. The van der Waals surface area contributed by atoms with Crippen LogP contribution < -0.4 is 5.32 Å². The fourth-order valence-electron chi connectivity index (χ4n) is 2.11. The van der Waals surface area contributed by atoms with Gasteiger partial charge in [-0.2, -0.15) is 9.57 Å². The van der Waals surface area contributed by atoms with Crippen molar-refractivity contribution in [1.29, 1.82) is 5.26 Å². The lowest BCUT2D eigenvalue weighted by molar-refractivity contribution is 0.299. The lowest BCUT2D eigenvalue weighted by atomic mass is 10.1. The molecular formula is C12H16N4O2S. The van der Waals surface area contributed by atoms with Crippen molar-refractivity contribution >= 4 is 10.0 Å².